The molecule has 1 aromatic heterocycles. The number of carbonyl (C=O) groups excluding carboxylic acids is 1. The highest BCUT2D eigenvalue weighted by molar-refractivity contribution is 7.16. The third kappa shape index (κ3) is 6.45. The van der Waals surface area contributed by atoms with Crippen LogP contribution in [-0.4, -0.2) is 48.1 Å². The number of likely N-dealkylation sites (tertiary alicyclic amines) is 1. The zero-order chi connectivity index (χ0) is 21.3. The van der Waals surface area contributed by atoms with E-state index in [1.54, 1.807) is 6.07 Å². The lowest BCUT2D eigenvalue weighted by Gasteiger charge is -2.26. The molecule has 8 heteroatoms. The Kier molecular flexibility index (Phi) is 8.54. The minimum Gasteiger partial charge on any atom is -0.386 e. The van der Waals surface area contributed by atoms with Crippen LogP contribution in [0.15, 0.2) is 41.4 Å². The zero-order valence-electron chi connectivity index (χ0n) is 17.2. The number of hydrogen-bond acceptors (Lipinski definition) is 4. The fourth-order valence-electron chi connectivity index (χ4n) is 3.35. The van der Waals surface area contributed by atoms with Crippen molar-refractivity contribution in [2.75, 3.05) is 26.2 Å². The minimum atomic E-state index is -0.647. The molecule has 6 nitrogen and oxygen atoms in total. The van der Waals surface area contributed by atoms with Gasteiger partial charge in [-0.05, 0) is 56.0 Å². The maximum absolute atomic E-state index is 12.6. The number of rotatable bonds is 7. The number of halogens is 1. The van der Waals surface area contributed by atoms with E-state index in [1.165, 1.54) is 17.8 Å². The second-order valence-corrected chi connectivity index (χ2v) is 9.03. The van der Waals surface area contributed by atoms with Gasteiger partial charge in [0.25, 0.3) is 5.91 Å². The Morgan fingerprint density at radius 2 is 1.90 bits per heavy atom. The second-order valence-electron chi connectivity index (χ2n) is 7.28. The Hall–Kier alpha value is -2.09. The van der Waals surface area contributed by atoms with Crippen LogP contribution in [0, 0.1) is 0 Å². The van der Waals surface area contributed by atoms with Gasteiger partial charge in [-0.25, -0.2) is 4.99 Å². The van der Waals surface area contributed by atoms with Gasteiger partial charge < -0.3 is 20.6 Å². The van der Waals surface area contributed by atoms with Gasteiger partial charge in [-0.3, -0.25) is 4.79 Å². The third-order valence-corrected chi connectivity index (χ3v) is 6.33. The average molecular weight is 449 g/mol. The summed E-state index contributed by atoms with van der Waals surface area (Å²) in [7, 11) is 0. The molecule has 1 amide bonds. The molecule has 30 heavy (non-hydrogen) atoms. The first-order chi connectivity index (χ1) is 14.6. The number of carbonyl (C=O) groups is 1. The topological polar surface area (TPSA) is 77.0 Å². The van der Waals surface area contributed by atoms with Crippen molar-refractivity contribution in [1.82, 2.24) is 15.5 Å². The molecule has 1 aliphatic rings. The number of aliphatic hydroxyl groups excluding tert-OH is 1. The Morgan fingerprint density at radius 1 is 1.17 bits per heavy atom. The summed E-state index contributed by atoms with van der Waals surface area (Å²) in [5.41, 5.74) is 1.75. The highest BCUT2D eigenvalue weighted by Crippen LogP contribution is 2.26. The molecular formula is C22H29ClN4O2S. The van der Waals surface area contributed by atoms with Gasteiger partial charge in [-0.2, -0.15) is 0 Å². The van der Waals surface area contributed by atoms with Crippen molar-refractivity contribution >= 4 is 34.8 Å². The monoisotopic (exact) mass is 448 g/mol. The van der Waals surface area contributed by atoms with Gasteiger partial charge in [0.1, 0.15) is 6.10 Å². The highest BCUT2D eigenvalue weighted by Gasteiger charge is 2.17. The first kappa shape index (κ1) is 22.6. The van der Waals surface area contributed by atoms with Crippen molar-refractivity contribution < 1.29 is 9.90 Å². The lowest BCUT2D eigenvalue weighted by atomic mass is 10.1. The molecular weight excluding hydrogens is 420 g/mol. The van der Waals surface area contributed by atoms with Crippen LogP contribution in [0.2, 0.25) is 4.34 Å². The van der Waals surface area contributed by atoms with Crippen LogP contribution in [0.3, 0.4) is 0 Å². The number of guanidine groups is 1. The number of aliphatic imine (C=N–C) groups is 1. The molecule has 162 valence electrons. The van der Waals surface area contributed by atoms with Gasteiger partial charge >= 0.3 is 0 Å². The fourth-order valence-corrected chi connectivity index (χ4v) is 4.39. The summed E-state index contributed by atoms with van der Waals surface area (Å²) in [6.45, 7) is 5.24. The van der Waals surface area contributed by atoms with Crippen LogP contribution in [0.5, 0.6) is 0 Å². The first-order valence-electron chi connectivity index (χ1n) is 10.4. The minimum absolute atomic E-state index is 0.113. The normalized spacial score (nSPS) is 15.7. The van der Waals surface area contributed by atoms with E-state index in [4.69, 9.17) is 11.6 Å². The summed E-state index contributed by atoms with van der Waals surface area (Å²) in [6, 6.07) is 11.3. The van der Waals surface area contributed by atoms with Gasteiger partial charge in [-0.15, -0.1) is 11.3 Å². The van der Waals surface area contributed by atoms with Crippen molar-refractivity contribution in [3.63, 3.8) is 0 Å². The number of hydrogen-bond donors (Lipinski definition) is 3. The number of piperidine rings is 1. The molecule has 2 heterocycles. The Balaban J connectivity index is 1.55. The van der Waals surface area contributed by atoms with Gasteiger partial charge in [0.15, 0.2) is 5.96 Å². The Morgan fingerprint density at radius 3 is 2.53 bits per heavy atom. The van der Waals surface area contributed by atoms with Gasteiger partial charge in [0.2, 0.25) is 0 Å². The van der Waals surface area contributed by atoms with Crippen molar-refractivity contribution in [3.8, 4) is 0 Å². The third-order valence-electron chi connectivity index (χ3n) is 4.99. The predicted molar refractivity (Wildman–Crippen MR) is 123 cm³/mol. The van der Waals surface area contributed by atoms with Crippen molar-refractivity contribution in [1.29, 1.82) is 0 Å². The van der Waals surface area contributed by atoms with E-state index in [1.807, 2.05) is 42.2 Å². The van der Waals surface area contributed by atoms with E-state index in [0.29, 0.717) is 23.4 Å². The molecule has 3 rings (SSSR count). The number of amides is 1. The molecule has 1 fully saturated rings. The molecule has 0 aliphatic carbocycles. The Labute approximate surface area is 187 Å². The standard InChI is InChI=1S/C22H29ClN4O2S/c1-2-24-22(26-15-18(28)19-10-11-20(23)30-19)25-14-16-6-8-17(9-7-16)21(29)27-12-4-3-5-13-27/h6-11,18,28H,2-5,12-15H2,1H3,(H2,24,25,26). The summed E-state index contributed by atoms with van der Waals surface area (Å²) < 4.78 is 0.659. The maximum Gasteiger partial charge on any atom is 0.253 e. The van der Waals surface area contributed by atoms with E-state index >= 15 is 0 Å². The number of nitrogens with one attached hydrogen (secondary N) is 2. The molecule has 0 saturated carbocycles. The smallest absolute Gasteiger partial charge is 0.253 e. The van der Waals surface area contributed by atoms with E-state index in [2.05, 4.69) is 15.6 Å². The quantitative estimate of drug-likeness (QED) is 0.444. The molecule has 0 bridgehead atoms. The van der Waals surface area contributed by atoms with Crippen LogP contribution >= 0.6 is 22.9 Å². The average Bonchev–Trinajstić information content (AvgIpc) is 3.22. The van der Waals surface area contributed by atoms with Crippen LogP contribution in [0.4, 0.5) is 0 Å². The van der Waals surface area contributed by atoms with E-state index < -0.39 is 6.10 Å². The summed E-state index contributed by atoms with van der Waals surface area (Å²) in [5.74, 6) is 0.745. The van der Waals surface area contributed by atoms with E-state index in [-0.39, 0.29) is 5.91 Å². The summed E-state index contributed by atoms with van der Waals surface area (Å²) in [4.78, 5) is 19.9. The van der Waals surface area contributed by atoms with Crippen molar-refractivity contribution in [3.05, 3.63) is 56.7 Å². The molecule has 0 radical (unpaired) electrons. The number of thiophene rings is 1. The van der Waals surface area contributed by atoms with Crippen LogP contribution in [0.1, 0.15) is 53.1 Å². The number of aliphatic hydroxyl groups is 1. The molecule has 1 unspecified atom stereocenters. The second kappa shape index (κ2) is 11.3. The van der Waals surface area contributed by atoms with Crippen LogP contribution in [0.25, 0.3) is 0 Å². The van der Waals surface area contributed by atoms with Gasteiger partial charge in [0, 0.05) is 36.6 Å². The zero-order valence-corrected chi connectivity index (χ0v) is 18.8. The number of benzene rings is 1. The van der Waals surface area contributed by atoms with Gasteiger partial charge in [-0.1, -0.05) is 23.7 Å². The fraction of sp³-hybridized carbons (Fsp3) is 0.455. The molecule has 3 N–H and O–H groups in total. The van der Waals surface area contributed by atoms with Crippen molar-refractivity contribution in [2.24, 2.45) is 4.99 Å². The first-order valence-corrected chi connectivity index (χ1v) is 11.6. The number of nitrogens with zero attached hydrogens (tertiary/aromatic N) is 2. The van der Waals surface area contributed by atoms with Crippen LogP contribution < -0.4 is 10.6 Å². The maximum atomic E-state index is 12.6. The lowest BCUT2D eigenvalue weighted by molar-refractivity contribution is 0.0724. The predicted octanol–water partition coefficient (Wildman–Crippen LogP) is 3.82. The van der Waals surface area contributed by atoms with Gasteiger partial charge in [0.05, 0.1) is 10.9 Å². The lowest BCUT2D eigenvalue weighted by Crippen LogP contribution is -2.39. The SMILES string of the molecule is CCNC(=NCc1ccc(C(=O)N2CCCCC2)cc1)NCC(O)c1ccc(Cl)s1. The molecule has 1 aliphatic heterocycles. The molecule has 0 spiro atoms. The summed E-state index contributed by atoms with van der Waals surface area (Å²) in [6.07, 6.45) is 2.74. The largest absolute Gasteiger partial charge is 0.386 e. The molecule has 1 saturated heterocycles. The molecule has 1 aromatic carbocycles. The Bertz CT molecular complexity index is 847. The highest BCUT2D eigenvalue weighted by atomic mass is 35.5. The summed E-state index contributed by atoms with van der Waals surface area (Å²) in [5, 5.41) is 16.6. The molecule has 1 atom stereocenters. The van der Waals surface area contributed by atoms with E-state index in [0.717, 1.165) is 48.5 Å². The van der Waals surface area contributed by atoms with Crippen LogP contribution in [-0.2, 0) is 6.54 Å². The van der Waals surface area contributed by atoms with E-state index in [9.17, 15) is 9.90 Å². The van der Waals surface area contributed by atoms with Crippen molar-refractivity contribution in [2.45, 2.75) is 38.8 Å². The molecule has 2 aromatic rings. The summed E-state index contributed by atoms with van der Waals surface area (Å²) >= 11 is 7.31.